The molecule has 1 aromatic heterocycles. The van der Waals surface area contributed by atoms with Crippen LogP contribution in [0.2, 0.25) is 5.02 Å². The van der Waals surface area contributed by atoms with Crippen molar-refractivity contribution < 1.29 is 23.1 Å². The number of nitrogens with one attached hydrogen (secondary N) is 1. The molecule has 0 radical (unpaired) electrons. The van der Waals surface area contributed by atoms with Gasteiger partial charge in [0.1, 0.15) is 0 Å². The van der Waals surface area contributed by atoms with E-state index in [1.165, 1.54) is 12.1 Å². The molecule has 0 aliphatic heterocycles. The van der Waals surface area contributed by atoms with Gasteiger partial charge in [-0.2, -0.15) is 13.2 Å². The molecule has 7 heteroatoms. The molecular formula is C17H11ClF3NO2. The van der Waals surface area contributed by atoms with Gasteiger partial charge in [0.2, 0.25) is 0 Å². The highest BCUT2D eigenvalue weighted by Crippen LogP contribution is 2.39. The van der Waals surface area contributed by atoms with E-state index >= 15 is 0 Å². The fraction of sp³-hybridized carbons (Fsp3) is 0.118. The number of alkyl halides is 3. The summed E-state index contributed by atoms with van der Waals surface area (Å²) in [5, 5.41) is 9.86. The van der Waals surface area contributed by atoms with Crippen LogP contribution in [0.4, 0.5) is 13.2 Å². The zero-order chi connectivity index (χ0) is 17.5. The average molecular weight is 354 g/mol. The van der Waals surface area contributed by atoms with Gasteiger partial charge in [0.05, 0.1) is 23.2 Å². The van der Waals surface area contributed by atoms with E-state index in [-0.39, 0.29) is 17.3 Å². The van der Waals surface area contributed by atoms with Gasteiger partial charge in [0, 0.05) is 10.4 Å². The van der Waals surface area contributed by atoms with Crippen LogP contribution in [-0.4, -0.2) is 16.1 Å². The SMILES string of the molecule is O=C(O)Cc1c(-c2ccc(Cl)cc2)[nH]c2c(C(F)(F)F)cccc12. The molecule has 24 heavy (non-hydrogen) atoms. The molecule has 2 N–H and O–H groups in total. The Balaban J connectivity index is 2.31. The van der Waals surface area contributed by atoms with Gasteiger partial charge in [-0.05, 0) is 29.3 Å². The topological polar surface area (TPSA) is 53.1 Å². The summed E-state index contributed by atoms with van der Waals surface area (Å²) < 4.78 is 39.7. The quantitative estimate of drug-likeness (QED) is 0.685. The number of aromatic nitrogens is 1. The van der Waals surface area contributed by atoms with E-state index in [4.69, 9.17) is 16.7 Å². The van der Waals surface area contributed by atoms with Crippen molar-refractivity contribution in [3.63, 3.8) is 0 Å². The van der Waals surface area contributed by atoms with Crippen molar-refractivity contribution in [2.75, 3.05) is 0 Å². The molecule has 0 bridgehead atoms. The highest BCUT2D eigenvalue weighted by Gasteiger charge is 2.34. The lowest BCUT2D eigenvalue weighted by Gasteiger charge is -2.07. The summed E-state index contributed by atoms with van der Waals surface area (Å²) in [7, 11) is 0. The Kier molecular flexibility index (Phi) is 4.01. The molecule has 0 atom stereocenters. The first kappa shape index (κ1) is 16.4. The van der Waals surface area contributed by atoms with Crippen molar-refractivity contribution >= 4 is 28.5 Å². The number of hydrogen-bond donors (Lipinski definition) is 2. The van der Waals surface area contributed by atoms with Crippen LogP contribution >= 0.6 is 11.6 Å². The van der Waals surface area contributed by atoms with E-state index in [1.807, 2.05) is 0 Å². The molecule has 0 aliphatic carbocycles. The number of hydrogen-bond acceptors (Lipinski definition) is 1. The Bertz CT molecular complexity index is 914. The predicted octanol–water partition coefficient (Wildman–Crippen LogP) is 5.13. The van der Waals surface area contributed by atoms with E-state index in [0.29, 0.717) is 21.8 Å². The first-order valence-corrected chi connectivity index (χ1v) is 7.33. The van der Waals surface area contributed by atoms with Crippen LogP contribution in [0.5, 0.6) is 0 Å². The van der Waals surface area contributed by atoms with Crippen molar-refractivity contribution in [1.82, 2.24) is 4.98 Å². The van der Waals surface area contributed by atoms with Gasteiger partial charge in [-0.15, -0.1) is 0 Å². The standard InChI is InChI=1S/C17H11ClF3NO2/c18-10-6-4-9(5-7-10)15-12(8-14(23)24)11-2-1-3-13(16(11)22-15)17(19,20)21/h1-7,22H,8H2,(H,23,24). The van der Waals surface area contributed by atoms with Crippen LogP contribution in [-0.2, 0) is 17.4 Å². The van der Waals surface area contributed by atoms with Gasteiger partial charge in [-0.1, -0.05) is 35.9 Å². The minimum absolute atomic E-state index is 0.119. The number of carboxylic acid groups (broad SMARTS) is 1. The van der Waals surface area contributed by atoms with Crippen molar-refractivity contribution in [3.8, 4) is 11.3 Å². The van der Waals surface area contributed by atoms with Crippen LogP contribution < -0.4 is 0 Å². The lowest BCUT2D eigenvalue weighted by atomic mass is 10.0. The zero-order valence-electron chi connectivity index (χ0n) is 12.1. The first-order chi connectivity index (χ1) is 11.3. The third kappa shape index (κ3) is 2.97. The molecule has 0 fully saturated rings. The number of fused-ring (bicyclic) bond motifs is 1. The van der Waals surface area contributed by atoms with Gasteiger partial charge < -0.3 is 10.1 Å². The fourth-order valence-electron chi connectivity index (χ4n) is 2.71. The van der Waals surface area contributed by atoms with E-state index in [1.54, 1.807) is 24.3 Å². The first-order valence-electron chi connectivity index (χ1n) is 6.96. The number of para-hydroxylation sites is 1. The minimum Gasteiger partial charge on any atom is -0.481 e. The molecule has 0 saturated carbocycles. The largest absolute Gasteiger partial charge is 0.481 e. The second kappa shape index (κ2) is 5.87. The lowest BCUT2D eigenvalue weighted by Crippen LogP contribution is -2.05. The maximum absolute atomic E-state index is 13.2. The normalized spacial score (nSPS) is 11.8. The Morgan fingerprint density at radius 1 is 1.12 bits per heavy atom. The number of aromatic amines is 1. The average Bonchev–Trinajstić information content (AvgIpc) is 2.85. The van der Waals surface area contributed by atoms with Gasteiger partial charge in [0.25, 0.3) is 0 Å². The summed E-state index contributed by atoms with van der Waals surface area (Å²) in [6.07, 6.45) is -4.93. The van der Waals surface area contributed by atoms with Gasteiger partial charge in [-0.3, -0.25) is 4.79 Å². The molecule has 1 heterocycles. The predicted molar refractivity (Wildman–Crippen MR) is 85.1 cm³/mol. The van der Waals surface area contributed by atoms with Crippen LogP contribution in [0.15, 0.2) is 42.5 Å². The molecule has 124 valence electrons. The summed E-state index contributed by atoms with van der Waals surface area (Å²) in [6, 6.07) is 10.2. The fourth-order valence-corrected chi connectivity index (χ4v) is 2.83. The highest BCUT2D eigenvalue weighted by molar-refractivity contribution is 6.30. The minimum atomic E-state index is -4.54. The number of H-pyrrole nitrogens is 1. The summed E-state index contributed by atoms with van der Waals surface area (Å²) in [5.41, 5.74) is 0.282. The Morgan fingerprint density at radius 3 is 2.38 bits per heavy atom. The molecule has 3 aromatic rings. The van der Waals surface area contributed by atoms with Gasteiger partial charge in [-0.25, -0.2) is 0 Å². The maximum Gasteiger partial charge on any atom is 0.418 e. The molecule has 0 amide bonds. The van der Waals surface area contributed by atoms with Gasteiger partial charge >= 0.3 is 12.1 Å². The van der Waals surface area contributed by atoms with Gasteiger partial charge in [0.15, 0.2) is 0 Å². The van der Waals surface area contributed by atoms with Crippen LogP contribution in [0.3, 0.4) is 0 Å². The van der Waals surface area contributed by atoms with E-state index in [2.05, 4.69) is 4.98 Å². The molecule has 3 nitrogen and oxygen atoms in total. The smallest absolute Gasteiger partial charge is 0.418 e. The molecule has 0 saturated heterocycles. The Labute approximate surface area is 139 Å². The number of halogens is 4. The van der Waals surface area contributed by atoms with E-state index < -0.39 is 17.7 Å². The molecule has 2 aromatic carbocycles. The van der Waals surface area contributed by atoms with Crippen molar-refractivity contribution in [3.05, 3.63) is 58.6 Å². The third-order valence-electron chi connectivity index (χ3n) is 3.71. The number of carboxylic acids is 1. The van der Waals surface area contributed by atoms with Crippen LogP contribution in [0.1, 0.15) is 11.1 Å². The summed E-state index contributed by atoms with van der Waals surface area (Å²) in [6.45, 7) is 0. The third-order valence-corrected chi connectivity index (χ3v) is 3.96. The number of rotatable bonds is 3. The zero-order valence-corrected chi connectivity index (χ0v) is 12.9. The number of aliphatic carboxylic acids is 1. The lowest BCUT2D eigenvalue weighted by molar-refractivity contribution is -0.137. The second-order valence-electron chi connectivity index (χ2n) is 5.28. The molecule has 0 spiro atoms. The molecule has 0 aliphatic rings. The van der Waals surface area contributed by atoms with Crippen molar-refractivity contribution in [2.24, 2.45) is 0 Å². The summed E-state index contributed by atoms with van der Waals surface area (Å²) in [4.78, 5) is 13.9. The summed E-state index contributed by atoms with van der Waals surface area (Å²) >= 11 is 5.83. The Hall–Kier alpha value is -2.47. The number of carbonyl (C=O) groups is 1. The van der Waals surface area contributed by atoms with E-state index in [9.17, 15) is 18.0 Å². The number of benzene rings is 2. The second-order valence-corrected chi connectivity index (χ2v) is 5.72. The van der Waals surface area contributed by atoms with Crippen LogP contribution in [0.25, 0.3) is 22.2 Å². The Morgan fingerprint density at radius 2 is 1.79 bits per heavy atom. The van der Waals surface area contributed by atoms with Crippen molar-refractivity contribution in [1.29, 1.82) is 0 Å². The molecular weight excluding hydrogens is 343 g/mol. The molecule has 3 rings (SSSR count). The van der Waals surface area contributed by atoms with Crippen molar-refractivity contribution in [2.45, 2.75) is 12.6 Å². The van der Waals surface area contributed by atoms with Crippen LogP contribution in [0, 0.1) is 0 Å². The molecule has 0 unspecified atom stereocenters. The van der Waals surface area contributed by atoms with E-state index in [0.717, 1.165) is 6.07 Å². The highest BCUT2D eigenvalue weighted by atomic mass is 35.5. The summed E-state index contributed by atoms with van der Waals surface area (Å²) in [5.74, 6) is -1.12. The maximum atomic E-state index is 13.2. The monoisotopic (exact) mass is 353 g/mol.